The summed E-state index contributed by atoms with van der Waals surface area (Å²) in [6, 6.07) is 12.1. The summed E-state index contributed by atoms with van der Waals surface area (Å²) in [5, 5.41) is 21.7. The molecule has 0 spiro atoms. The highest BCUT2D eigenvalue weighted by Crippen LogP contribution is 2.28. The fourth-order valence-electron chi connectivity index (χ4n) is 2.26. The Morgan fingerprint density at radius 2 is 2.03 bits per heavy atom. The molecule has 0 aliphatic rings. The van der Waals surface area contributed by atoms with Crippen molar-refractivity contribution in [1.29, 1.82) is 5.26 Å². The average molecular weight is 411 g/mol. The van der Waals surface area contributed by atoms with Crippen LogP contribution in [0.4, 0.5) is 11.4 Å². The van der Waals surface area contributed by atoms with Gasteiger partial charge >= 0.3 is 5.97 Å². The number of nitrogens with one attached hydrogen (secondary N) is 1. The lowest BCUT2D eigenvalue weighted by Gasteiger charge is -2.08. The number of amides is 1. The zero-order chi connectivity index (χ0) is 21.9. The van der Waals surface area contributed by atoms with E-state index in [-0.39, 0.29) is 18.0 Å². The van der Waals surface area contributed by atoms with Gasteiger partial charge in [0.05, 0.1) is 12.0 Å². The number of nitrogens with zero attached hydrogens (tertiary/aromatic N) is 2. The number of hydrogen-bond acceptors (Lipinski definition) is 8. The standard InChI is InChI=1S/C20H17N3O7/c1-28-18-11-14(5-7-17(18)29-10-9-21)6-8-20(25)30-13-19(24)22-15-3-2-4-16(12-15)23(26)27/h2-8,11-12H,10,13H2,1H3,(H,22,24)/b8-6+. The Labute approximate surface area is 171 Å². The molecule has 0 aromatic heterocycles. The number of nitro groups is 1. The van der Waals surface area contributed by atoms with Crippen LogP contribution in [-0.4, -0.2) is 37.1 Å². The van der Waals surface area contributed by atoms with Crippen molar-refractivity contribution in [3.8, 4) is 17.6 Å². The molecule has 1 amide bonds. The van der Waals surface area contributed by atoms with Gasteiger partial charge in [-0.25, -0.2) is 4.79 Å². The second kappa shape index (κ2) is 10.8. The van der Waals surface area contributed by atoms with E-state index >= 15 is 0 Å². The first kappa shape index (κ1) is 21.9. The maximum absolute atomic E-state index is 11.8. The smallest absolute Gasteiger partial charge is 0.331 e. The fourth-order valence-corrected chi connectivity index (χ4v) is 2.26. The molecular formula is C20H17N3O7. The predicted octanol–water partition coefficient (Wildman–Crippen LogP) is 2.70. The minimum atomic E-state index is -0.757. The molecular weight excluding hydrogens is 394 g/mol. The Morgan fingerprint density at radius 1 is 1.23 bits per heavy atom. The van der Waals surface area contributed by atoms with Gasteiger partial charge in [-0.3, -0.25) is 14.9 Å². The van der Waals surface area contributed by atoms with Gasteiger partial charge in [-0.2, -0.15) is 5.26 Å². The van der Waals surface area contributed by atoms with E-state index < -0.39 is 23.4 Å². The van der Waals surface area contributed by atoms with Gasteiger partial charge in [-0.15, -0.1) is 0 Å². The first-order valence-electron chi connectivity index (χ1n) is 8.50. The number of hydrogen-bond donors (Lipinski definition) is 1. The third kappa shape index (κ3) is 6.65. The van der Waals surface area contributed by atoms with E-state index in [1.165, 1.54) is 37.5 Å². The maximum Gasteiger partial charge on any atom is 0.331 e. The summed E-state index contributed by atoms with van der Waals surface area (Å²) >= 11 is 0. The van der Waals surface area contributed by atoms with Gasteiger partial charge in [0, 0.05) is 23.9 Å². The van der Waals surface area contributed by atoms with Crippen molar-refractivity contribution in [2.75, 3.05) is 25.6 Å². The summed E-state index contributed by atoms with van der Waals surface area (Å²) in [6.45, 7) is -0.688. The number of nitro benzene ring substituents is 1. The Balaban J connectivity index is 1.89. The second-order valence-corrected chi connectivity index (χ2v) is 5.65. The number of rotatable bonds is 9. The van der Waals surface area contributed by atoms with Crippen LogP contribution >= 0.6 is 0 Å². The first-order valence-corrected chi connectivity index (χ1v) is 8.50. The first-order chi connectivity index (χ1) is 14.4. The van der Waals surface area contributed by atoms with E-state index in [0.29, 0.717) is 17.1 Å². The van der Waals surface area contributed by atoms with Crippen LogP contribution in [0.1, 0.15) is 5.56 Å². The lowest BCUT2D eigenvalue weighted by Crippen LogP contribution is -2.20. The van der Waals surface area contributed by atoms with E-state index in [2.05, 4.69) is 5.32 Å². The molecule has 0 fully saturated rings. The molecule has 10 nitrogen and oxygen atoms in total. The fraction of sp³-hybridized carbons (Fsp3) is 0.150. The van der Waals surface area contributed by atoms with E-state index in [1.807, 2.05) is 6.07 Å². The van der Waals surface area contributed by atoms with Gasteiger partial charge in [-0.1, -0.05) is 12.1 Å². The molecule has 2 aromatic rings. The molecule has 0 saturated heterocycles. The van der Waals surface area contributed by atoms with Crippen molar-refractivity contribution < 1.29 is 28.7 Å². The number of esters is 1. The van der Waals surface area contributed by atoms with Crippen LogP contribution < -0.4 is 14.8 Å². The monoisotopic (exact) mass is 411 g/mol. The van der Waals surface area contributed by atoms with Crippen LogP contribution in [0.15, 0.2) is 48.5 Å². The molecule has 30 heavy (non-hydrogen) atoms. The maximum atomic E-state index is 11.8. The average Bonchev–Trinajstić information content (AvgIpc) is 2.75. The molecule has 0 aliphatic heterocycles. The van der Waals surface area contributed by atoms with Gasteiger partial charge < -0.3 is 19.5 Å². The molecule has 0 saturated carbocycles. The summed E-state index contributed by atoms with van der Waals surface area (Å²) in [6.07, 6.45) is 2.59. The highest BCUT2D eigenvalue weighted by molar-refractivity contribution is 5.94. The van der Waals surface area contributed by atoms with Gasteiger partial charge in [0.1, 0.15) is 6.07 Å². The molecule has 0 heterocycles. The van der Waals surface area contributed by atoms with E-state index in [4.69, 9.17) is 19.5 Å². The Morgan fingerprint density at radius 3 is 2.73 bits per heavy atom. The molecule has 2 rings (SSSR count). The van der Waals surface area contributed by atoms with Gasteiger partial charge in [0.25, 0.3) is 11.6 Å². The molecule has 10 heteroatoms. The van der Waals surface area contributed by atoms with Crippen molar-refractivity contribution in [2.24, 2.45) is 0 Å². The topological polar surface area (TPSA) is 141 Å². The summed E-state index contributed by atoms with van der Waals surface area (Å²) in [5.74, 6) is -0.625. The predicted molar refractivity (Wildman–Crippen MR) is 106 cm³/mol. The second-order valence-electron chi connectivity index (χ2n) is 5.65. The van der Waals surface area contributed by atoms with Crippen LogP contribution in [0.5, 0.6) is 11.5 Å². The SMILES string of the molecule is COc1cc(/C=C/C(=O)OCC(=O)Nc2cccc([N+](=O)[O-])c2)ccc1OCC#N. The quantitative estimate of drug-likeness (QED) is 0.287. The molecule has 0 atom stereocenters. The minimum absolute atomic E-state index is 0.129. The summed E-state index contributed by atoms with van der Waals surface area (Å²) < 4.78 is 15.2. The summed E-state index contributed by atoms with van der Waals surface area (Å²) in [7, 11) is 1.44. The Hall–Kier alpha value is -4.39. The number of ether oxygens (including phenoxy) is 3. The summed E-state index contributed by atoms with van der Waals surface area (Å²) in [4.78, 5) is 33.8. The number of nitriles is 1. The zero-order valence-electron chi connectivity index (χ0n) is 15.9. The Bertz CT molecular complexity index is 1010. The van der Waals surface area contributed by atoms with E-state index in [0.717, 1.165) is 6.08 Å². The van der Waals surface area contributed by atoms with Gasteiger partial charge in [0.2, 0.25) is 0 Å². The van der Waals surface area contributed by atoms with Crippen LogP contribution in [0.3, 0.4) is 0 Å². The zero-order valence-corrected chi connectivity index (χ0v) is 15.9. The molecule has 0 aliphatic carbocycles. The lowest BCUT2D eigenvalue weighted by molar-refractivity contribution is -0.384. The van der Waals surface area contributed by atoms with Crippen molar-refractivity contribution in [3.05, 3.63) is 64.2 Å². The number of non-ortho nitro benzene ring substituents is 1. The molecule has 0 radical (unpaired) electrons. The van der Waals surface area contributed by atoms with Crippen molar-refractivity contribution in [3.63, 3.8) is 0 Å². The summed E-state index contributed by atoms with van der Waals surface area (Å²) in [5.41, 5.74) is 0.646. The number of carbonyl (C=O) groups excluding carboxylic acids is 2. The van der Waals surface area contributed by atoms with Crippen LogP contribution in [0, 0.1) is 21.4 Å². The molecule has 2 aromatic carbocycles. The van der Waals surface area contributed by atoms with E-state index in [1.54, 1.807) is 18.2 Å². The van der Waals surface area contributed by atoms with Crippen LogP contribution in [0.25, 0.3) is 6.08 Å². The molecule has 1 N–H and O–H groups in total. The Kier molecular flexibility index (Phi) is 7.90. The van der Waals surface area contributed by atoms with Crippen molar-refractivity contribution >= 4 is 29.3 Å². The van der Waals surface area contributed by atoms with Crippen LogP contribution in [-0.2, 0) is 14.3 Å². The van der Waals surface area contributed by atoms with E-state index in [9.17, 15) is 19.7 Å². The highest BCUT2D eigenvalue weighted by Gasteiger charge is 2.10. The normalized spacial score (nSPS) is 10.1. The molecule has 154 valence electrons. The number of carbonyl (C=O) groups is 2. The molecule has 0 bridgehead atoms. The third-order valence-electron chi connectivity index (χ3n) is 3.58. The van der Waals surface area contributed by atoms with Gasteiger partial charge in [0.15, 0.2) is 24.7 Å². The minimum Gasteiger partial charge on any atom is -0.493 e. The molecule has 0 unspecified atom stereocenters. The van der Waals surface area contributed by atoms with Crippen molar-refractivity contribution in [1.82, 2.24) is 0 Å². The number of benzene rings is 2. The highest BCUT2D eigenvalue weighted by atomic mass is 16.6. The number of anilines is 1. The largest absolute Gasteiger partial charge is 0.493 e. The van der Waals surface area contributed by atoms with Crippen LogP contribution in [0.2, 0.25) is 0 Å². The lowest BCUT2D eigenvalue weighted by atomic mass is 10.2. The number of methoxy groups -OCH3 is 1. The van der Waals surface area contributed by atoms with Crippen molar-refractivity contribution in [2.45, 2.75) is 0 Å². The third-order valence-corrected chi connectivity index (χ3v) is 3.58. The van der Waals surface area contributed by atoms with Gasteiger partial charge in [-0.05, 0) is 29.8 Å².